The van der Waals surface area contributed by atoms with E-state index in [1.807, 2.05) is 6.92 Å². The van der Waals surface area contributed by atoms with Gasteiger partial charge in [0, 0.05) is 7.05 Å². The third-order valence-electron chi connectivity index (χ3n) is 4.27. The zero-order valence-corrected chi connectivity index (χ0v) is 18.9. The van der Waals surface area contributed by atoms with Gasteiger partial charge < -0.3 is 14.2 Å². The van der Waals surface area contributed by atoms with E-state index in [0.717, 1.165) is 23.0 Å². The second-order valence-electron chi connectivity index (χ2n) is 6.34. The van der Waals surface area contributed by atoms with E-state index in [9.17, 15) is 9.18 Å². The molecular formula is C19H21Cl3FN3O4. The van der Waals surface area contributed by atoms with Crippen LogP contribution in [0, 0.1) is 18.2 Å². The molecule has 0 fully saturated rings. The molecular weight excluding hydrogens is 460 g/mol. The van der Waals surface area contributed by atoms with Crippen LogP contribution in [0.2, 0.25) is 0 Å². The Hall–Kier alpha value is -2.03. The Morgan fingerprint density at radius 1 is 1.33 bits per heavy atom. The van der Waals surface area contributed by atoms with Crippen molar-refractivity contribution >= 4 is 46.7 Å². The fourth-order valence-corrected chi connectivity index (χ4v) is 2.93. The highest BCUT2D eigenvalue weighted by Gasteiger charge is 2.29. The molecule has 0 saturated carbocycles. The van der Waals surface area contributed by atoms with Gasteiger partial charge in [-0.1, -0.05) is 34.8 Å². The normalized spacial score (nSPS) is 11.3. The second kappa shape index (κ2) is 10.3. The van der Waals surface area contributed by atoms with Crippen molar-refractivity contribution in [2.45, 2.75) is 30.2 Å². The SMILES string of the molecule is COC(=O)c1ccc(F)c(OCCCc2c(C)nn(C)c2COC(=N)C(Cl)(Cl)Cl)c1. The summed E-state index contributed by atoms with van der Waals surface area (Å²) in [6, 6.07) is 3.79. The summed E-state index contributed by atoms with van der Waals surface area (Å²) in [5.74, 6) is -1.66. The Labute approximate surface area is 188 Å². The molecule has 0 radical (unpaired) electrons. The molecule has 0 aliphatic carbocycles. The number of methoxy groups -OCH3 is 1. The quantitative estimate of drug-likeness (QED) is 0.197. The van der Waals surface area contributed by atoms with Gasteiger partial charge in [0.2, 0.25) is 5.90 Å². The first kappa shape index (κ1) is 24.2. The van der Waals surface area contributed by atoms with Gasteiger partial charge in [-0.05, 0) is 43.5 Å². The summed E-state index contributed by atoms with van der Waals surface area (Å²) in [4.78, 5) is 11.6. The Morgan fingerprint density at radius 2 is 2.03 bits per heavy atom. The molecule has 11 heteroatoms. The number of halogens is 4. The lowest BCUT2D eigenvalue weighted by atomic mass is 10.1. The van der Waals surface area contributed by atoms with Gasteiger partial charge in [-0.3, -0.25) is 10.1 Å². The molecule has 0 unspecified atom stereocenters. The first-order valence-electron chi connectivity index (χ1n) is 8.85. The summed E-state index contributed by atoms with van der Waals surface area (Å²) in [7, 11) is 3.00. The number of nitrogens with one attached hydrogen (secondary N) is 1. The maximum Gasteiger partial charge on any atom is 0.337 e. The fraction of sp³-hybridized carbons (Fsp3) is 0.421. The number of aryl methyl sites for hydroxylation is 2. The third kappa shape index (κ3) is 6.23. The summed E-state index contributed by atoms with van der Waals surface area (Å²) in [6.07, 6.45) is 1.11. The molecule has 30 heavy (non-hydrogen) atoms. The number of rotatable bonds is 8. The van der Waals surface area contributed by atoms with Gasteiger partial charge >= 0.3 is 5.97 Å². The van der Waals surface area contributed by atoms with E-state index in [2.05, 4.69) is 9.84 Å². The average Bonchev–Trinajstić information content (AvgIpc) is 2.95. The summed E-state index contributed by atoms with van der Waals surface area (Å²) in [6.45, 7) is 2.07. The number of carbonyl (C=O) groups excluding carboxylic acids is 1. The fourth-order valence-electron chi connectivity index (χ4n) is 2.77. The van der Waals surface area contributed by atoms with Crippen LogP contribution in [0.4, 0.5) is 4.39 Å². The number of hydrogen-bond donors (Lipinski definition) is 1. The van der Waals surface area contributed by atoms with Crippen LogP contribution in [0.15, 0.2) is 18.2 Å². The summed E-state index contributed by atoms with van der Waals surface area (Å²) >= 11 is 16.9. The minimum absolute atomic E-state index is 0.01000. The number of carbonyl (C=O) groups is 1. The minimum Gasteiger partial charge on any atom is -0.490 e. The molecule has 1 aromatic carbocycles. The van der Waals surface area contributed by atoms with Crippen molar-refractivity contribution in [2.75, 3.05) is 13.7 Å². The Balaban J connectivity index is 1.99. The lowest BCUT2D eigenvalue weighted by Gasteiger charge is -2.14. The highest BCUT2D eigenvalue weighted by atomic mass is 35.6. The zero-order chi connectivity index (χ0) is 22.5. The van der Waals surface area contributed by atoms with Gasteiger partial charge in [-0.15, -0.1) is 0 Å². The van der Waals surface area contributed by atoms with Crippen molar-refractivity contribution in [1.29, 1.82) is 5.41 Å². The van der Waals surface area contributed by atoms with E-state index in [0.29, 0.717) is 12.8 Å². The third-order valence-corrected chi connectivity index (χ3v) is 4.78. The van der Waals surface area contributed by atoms with Crippen LogP contribution in [0.3, 0.4) is 0 Å². The lowest BCUT2D eigenvalue weighted by Crippen LogP contribution is -2.21. The first-order chi connectivity index (χ1) is 14.0. The molecule has 1 aromatic heterocycles. The predicted molar refractivity (Wildman–Crippen MR) is 112 cm³/mol. The van der Waals surface area contributed by atoms with Crippen LogP contribution >= 0.6 is 34.8 Å². The van der Waals surface area contributed by atoms with E-state index in [1.54, 1.807) is 11.7 Å². The molecule has 0 amide bonds. The average molecular weight is 481 g/mol. The smallest absolute Gasteiger partial charge is 0.337 e. The van der Waals surface area contributed by atoms with E-state index >= 15 is 0 Å². The summed E-state index contributed by atoms with van der Waals surface area (Å²) < 4.78 is 29.0. The highest BCUT2D eigenvalue weighted by molar-refractivity contribution is 6.76. The van der Waals surface area contributed by atoms with E-state index in [-0.39, 0.29) is 24.5 Å². The summed E-state index contributed by atoms with van der Waals surface area (Å²) in [5.41, 5.74) is 2.62. The Kier molecular flexibility index (Phi) is 8.34. The van der Waals surface area contributed by atoms with Crippen molar-refractivity contribution in [3.63, 3.8) is 0 Å². The molecule has 2 rings (SSSR count). The minimum atomic E-state index is -1.94. The van der Waals surface area contributed by atoms with Crippen LogP contribution in [0.1, 0.15) is 33.7 Å². The van der Waals surface area contributed by atoms with Crippen molar-refractivity contribution in [3.8, 4) is 5.75 Å². The molecule has 0 atom stereocenters. The predicted octanol–water partition coefficient (Wildman–Crippen LogP) is 4.53. The molecule has 1 heterocycles. The maximum absolute atomic E-state index is 13.9. The number of ether oxygens (including phenoxy) is 3. The first-order valence-corrected chi connectivity index (χ1v) is 9.98. The van der Waals surface area contributed by atoms with Crippen LogP contribution in [0.5, 0.6) is 5.75 Å². The van der Waals surface area contributed by atoms with Gasteiger partial charge in [0.15, 0.2) is 11.6 Å². The van der Waals surface area contributed by atoms with Crippen molar-refractivity contribution < 1.29 is 23.4 Å². The zero-order valence-electron chi connectivity index (χ0n) is 16.6. The van der Waals surface area contributed by atoms with Crippen molar-refractivity contribution in [1.82, 2.24) is 9.78 Å². The molecule has 0 aliphatic rings. The number of aromatic nitrogens is 2. The summed E-state index contributed by atoms with van der Waals surface area (Å²) in [5, 5.41) is 12.0. The van der Waals surface area contributed by atoms with Gasteiger partial charge in [-0.25, -0.2) is 9.18 Å². The largest absolute Gasteiger partial charge is 0.490 e. The molecule has 2 aromatic rings. The van der Waals surface area contributed by atoms with Crippen LogP contribution in [-0.4, -0.2) is 39.2 Å². The monoisotopic (exact) mass is 479 g/mol. The van der Waals surface area contributed by atoms with E-state index in [1.165, 1.54) is 19.2 Å². The molecule has 0 bridgehead atoms. The van der Waals surface area contributed by atoms with Gasteiger partial charge in [0.05, 0.1) is 30.7 Å². The topological polar surface area (TPSA) is 86.4 Å². The maximum atomic E-state index is 13.9. The Bertz CT molecular complexity index is 928. The van der Waals surface area contributed by atoms with Crippen LogP contribution in [0.25, 0.3) is 0 Å². The van der Waals surface area contributed by atoms with Gasteiger partial charge in [0.1, 0.15) is 6.61 Å². The number of benzene rings is 1. The van der Waals surface area contributed by atoms with Crippen LogP contribution in [-0.2, 0) is 29.5 Å². The highest BCUT2D eigenvalue weighted by Crippen LogP contribution is 2.28. The van der Waals surface area contributed by atoms with E-state index in [4.69, 9.17) is 49.7 Å². The van der Waals surface area contributed by atoms with Gasteiger partial charge in [-0.2, -0.15) is 5.10 Å². The van der Waals surface area contributed by atoms with Gasteiger partial charge in [0.25, 0.3) is 3.79 Å². The molecule has 0 spiro atoms. The number of esters is 1. The lowest BCUT2D eigenvalue weighted by molar-refractivity contribution is 0.0600. The van der Waals surface area contributed by atoms with Crippen LogP contribution < -0.4 is 4.74 Å². The van der Waals surface area contributed by atoms with Crippen molar-refractivity contribution in [3.05, 3.63) is 46.5 Å². The molecule has 0 saturated heterocycles. The number of nitrogens with zero attached hydrogens (tertiary/aromatic N) is 2. The molecule has 1 N–H and O–H groups in total. The Morgan fingerprint density at radius 3 is 2.67 bits per heavy atom. The molecule has 7 nitrogen and oxygen atoms in total. The number of hydrogen-bond acceptors (Lipinski definition) is 6. The van der Waals surface area contributed by atoms with Crippen molar-refractivity contribution in [2.24, 2.45) is 7.05 Å². The molecule has 0 aliphatic heterocycles. The second-order valence-corrected chi connectivity index (χ2v) is 8.62. The number of alkyl halides is 3. The standard InChI is InChI=1S/C19H21Cl3FN3O4/c1-11-13(15(26(2)25-11)10-30-18(24)19(20,21)22)5-4-8-29-16-9-12(17(27)28-3)6-7-14(16)23/h6-7,9,24H,4-5,8,10H2,1-3H3. The molecule has 164 valence electrons. The van der Waals surface area contributed by atoms with E-state index < -0.39 is 21.5 Å².